The van der Waals surface area contributed by atoms with Crippen molar-refractivity contribution in [3.63, 3.8) is 0 Å². The van der Waals surface area contributed by atoms with E-state index in [1.165, 1.54) is 5.56 Å². The van der Waals surface area contributed by atoms with Crippen molar-refractivity contribution in [3.8, 4) is 0 Å². The summed E-state index contributed by atoms with van der Waals surface area (Å²) >= 11 is 0. The molecule has 2 saturated heterocycles. The summed E-state index contributed by atoms with van der Waals surface area (Å²) in [7, 11) is 0. The number of piperazine rings is 1. The SMILES string of the molecule is CC(=O)N1C[C@@H]2C[C@H]1CN2Cc1ccc(CC(=O)O)cc1. The Morgan fingerprint density at radius 2 is 1.81 bits per heavy atom. The first-order chi connectivity index (χ1) is 10.0. The number of carbonyl (C=O) groups is 2. The number of carboxylic acid groups (broad SMARTS) is 1. The zero-order chi connectivity index (χ0) is 15.0. The summed E-state index contributed by atoms with van der Waals surface area (Å²) in [4.78, 5) is 26.6. The zero-order valence-electron chi connectivity index (χ0n) is 12.2. The van der Waals surface area contributed by atoms with E-state index in [2.05, 4.69) is 4.90 Å². The van der Waals surface area contributed by atoms with Crippen molar-refractivity contribution in [2.45, 2.75) is 38.4 Å². The van der Waals surface area contributed by atoms with Crippen LogP contribution in [0.15, 0.2) is 24.3 Å². The highest BCUT2D eigenvalue weighted by atomic mass is 16.4. The lowest BCUT2D eigenvalue weighted by Gasteiger charge is -2.33. The Kier molecular flexibility index (Phi) is 3.68. The Hall–Kier alpha value is -1.88. The smallest absolute Gasteiger partial charge is 0.307 e. The quantitative estimate of drug-likeness (QED) is 0.902. The molecule has 2 aliphatic rings. The van der Waals surface area contributed by atoms with Gasteiger partial charge in [-0.1, -0.05) is 24.3 Å². The third-order valence-electron chi connectivity index (χ3n) is 4.52. The summed E-state index contributed by atoms with van der Waals surface area (Å²) in [5.41, 5.74) is 2.03. The van der Waals surface area contributed by atoms with Crippen LogP contribution in [0.3, 0.4) is 0 Å². The molecule has 3 rings (SSSR count). The van der Waals surface area contributed by atoms with Crippen molar-refractivity contribution in [1.29, 1.82) is 0 Å². The van der Waals surface area contributed by atoms with Crippen LogP contribution in [0.1, 0.15) is 24.5 Å². The van der Waals surface area contributed by atoms with Crippen LogP contribution < -0.4 is 0 Å². The highest BCUT2D eigenvalue weighted by Crippen LogP contribution is 2.31. The first kappa shape index (κ1) is 14.1. The van der Waals surface area contributed by atoms with Gasteiger partial charge in [0.15, 0.2) is 0 Å². The fraction of sp³-hybridized carbons (Fsp3) is 0.500. The number of carboxylic acids is 1. The molecule has 2 aliphatic heterocycles. The fourth-order valence-corrected chi connectivity index (χ4v) is 3.50. The van der Waals surface area contributed by atoms with Crippen LogP contribution in [-0.4, -0.2) is 52.0 Å². The molecule has 2 bridgehead atoms. The highest BCUT2D eigenvalue weighted by molar-refractivity contribution is 5.74. The molecule has 0 unspecified atom stereocenters. The fourth-order valence-electron chi connectivity index (χ4n) is 3.50. The number of benzene rings is 1. The van der Waals surface area contributed by atoms with Crippen LogP contribution in [0.25, 0.3) is 0 Å². The van der Waals surface area contributed by atoms with E-state index in [0.29, 0.717) is 12.1 Å². The number of amides is 1. The molecule has 5 nitrogen and oxygen atoms in total. The third-order valence-corrected chi connectivity index (χ3v) is 4.52. The third kappa shape index (κ3) is 2.93. The molecule has 0 aromatic heterocycles. The second kappa shape index (κ2) is 5.48. The lowest BCUT2D eigenvalue weighted by molar-refractivity contribution is -0.136. The second-order valence-corrected chi connectivity index (χ2v) is 6.03. The maximum Gasteiger partial charge on any atom is 0.307 e. The van der Waals surface area contributed by atoms with Crippen LogP contribution in [0.4, 0.5) is 0 Å². The van der Waals surface area contributed by atoms with Crippen LogP contribution >= 0.6 is 0 Å². The molecular weight excluding hydrogens is 268 g/mol. The first-order valence-electron chi connectivity index (χ1n) is 7.34. The molecule has 1 aromatic rings. The van der Waals surface area contributed by atoms with Gasteiger partial charge in [-0.2, -0.15) is 0 Å². The summed E-state index contributed by atoms with van der Waals surface area (Å²) in [5.74, 6) is -0.621. The van der Waals surface area contributed by atoms with E-state index < -0.39 is 5.97 Å². The molecule has 1 N–H and O–H groups in total. The molecule has 2 fully saturated rings. The Morgan fingerprint density at radius 3 is 2.33 bits per heavy atom. The van der Waals surface area contributed by atoms with Crippen LogP contribution in [0.5, 0.6) is 0 Å². The molecular formula is C16H20N2O3. The maximum atomic E-state index is 11.5. The van der Waals surface area contributed by atoms with Crippen LogP contribution in [-0.2, 0) is 22.6 Å². The maximum absolute atomic E-state index is 11.5. The number of aliphatic carboxylic acids is 1. The lowest BCUT2D eigenvalue weighted by atomic mass is 10.1. The number of hydrogen-bond donors (Lipinski definition) is 1. The minimum atomic E-state index is -0.802. The number of carbonyl (C=O) groups excluding carboxylic acids is 1. The molecule has 1 amide bonds. The van der Waals surface area contributed by atoms with Crippen molar-refractivity contribution in [3.05, 3.63) is 35.4 Å². The van der Waals surface area contributed by atoms with Crippen LogP contribution in [0, 0.1) is 0 Å². The van der Waals surface area contributed by atoms with E-state index in [0.717, 1.165) is 31.6 Å². The van der Waals surface area contributed by atoms with Crippen LogP contribution in [0.2, 0.25) is 0 Å². The van der Waals surface area contributed by atoms with Crippen molar-refractivity contribution in [1.82, 2.24) is 9.80 Å². The van der Waals surface area contributed by atoms with E-state index in [1.54, 1.807) is 6.92 Å². The van der Waals surface area contributed by atoms with Gasteiger partial charge in [-0.3, -0.25) is 14.5 Å². The number of likely N-dealkylation sites (tertiary alicyclic amines) is 2. The molecule has 2 heterocycles. The normalized spacial score (nSPS) is 24.5. The molecule has 21 heavy (non-hydrogen) atoms. The van der Waals surface area contributed by atoms with E-state index in [1.807, 2.05) is 29.2 Å². The molecule has 112 valence electrons. The zero-order valence-corrected chi connectivity index (χ0v) is 12.2. The minimum absolute atomic E-state index is 0.0717. The molecule has 0 saturated carbocycles. The van der Waals surface area contributed by atoms with E-state index in [4.69, 9.17) is 5.11 Å². The summed E-state index contributed by atoms with van der Waals surface area (Å²) in [5, 5.41) is 8.77. The van der Waals surface area contributed by atoms with Gasteiger partial charge in [-0.25, -0.2) is 0 Å². The Bertz CT molecular complexity index is 555. The van der Waals surface area contributed by atoms with Crippen molar-refractivity contribution in [2.24, 2.45) is 0 Å². The number of rotatable bonds is 4. The summed E-state index contributed by atoms with van der Waals surface area (Å²) in [6, 6.07) is 8.63. The van der Waals surface area contributed by atoms with Gasteiger partial charge >= 0.3 is 5.97 Å². The highest BCUT2D eigenvalue weighted by Gasteiger charge is 2.43. The van der Waals surface area contributed by atoms with Crippen molar-refractivity contribution < 1.29 is 14.7 Å². The van der Waals surface area contributed by atoms with Gasteiger partial charge < -0.3 is 10.0 Å². The Labute approximate surface area is 124 Å². The summed E-state index contributed by atoms with van der Waals surface area (Å²) in [6.07, 6.45) is 1.15. The number of hydrogen-bond acceptors (Lipinski definition) is 3. The molecule has 0 radical (unpaired) electrons. The monoisotopic (exact) mass is 288 g/mol. The predicted octanol–water partition coefficient (Wildman–Crippen LogP) is 1.12. The predicted molar refractivity (Wildman–Crippen MR) is 77.8 cm³/mol. The topological polar surface area (TPSA) is 60.9 Å². The Morgan fingerprint density at radius 1 is 1.14 bits per heavy atom. The molecule has 0 aliphatic carbocycles. The lowest BCUT2D eigenvalue weighted by Crippen LogP contribution is -2.47. The summed E-state index contributed by atoms with van der Waals surface area (Å²) < 4.78 is 0. The average Bonchev–Trinajstić information content (AvgIpc) is 3.00. The Balaban J connectivity index is 1.59. The van der Waals surface area contributed by atoms with Gasteiger partial charge in [0.05, 0.1) is 6.42 Å². The number of fused-ring (bicyclic) bond motifs is 2. The molecule has 1 aromatic carbocycles. The van der Waals surface area contributed by atoms with Gasteiger partial charge in [0.25, 0.3) is 0 Å². The first-order valence-corrected chi connectivity index (χ1v) is 7.34. The molecule has 5 heteroatoms. The minimum Gasteiger partial charge on any atom is -0.481 e. The number of nitrogens with zero attached hydrogens (tertiary/aromatic N) is 2. The van der Waals surface area contributed by atoms with Gasteiger partial charge in [0.1, 0.15) is 0 Å². The molecule has 0 spiro atoms. The van der Waals surface area contributed by atoms with Crippen molar-refractivity contribution >= 4 is 11.9 Å². The average molecular weight is 288 g/mol. The molecule has 2 atom stereocenters. The van der Waals surface area contributed by atoms with Crippen molar-refractivity contribution in [2.75, 3.05) is 13.1 Å². The second-order valence-electron chi connectivity index (χ2n) is 6.03. The van der Waals surface area contributed by atoms with Gasteiger partial charge in [0, 0.05) is 38.6 Å². The standard InChI is InChI=1S/C16H20N2O3/c1-11(19)18-10-14-7-15(18)9-17(14)8-13-4-2-12(3-5-13)6-16(20)21/h2-5,14-15H,6-10H2,1H3,(H,20,21)/t14-,15-/m0/s1. The van der Waals surface area contributed by atoms with Gasteiger partial charge in [0.2, 0.25) is 5.91 Å². The van der Waals surface area contributed by atoms with E-state index in [-0.39, 0.29) is 12.3 Å². The largest absolute Gasteiger partial charge is 0.481 e. The van der Waals surface area contributed by atoms with E-state index >= 15 is 0 Å². The summed E-state index contributed by atoms with van der Waals surface area (Å²) in [6.45, 7) is 4.31. The van der Waals surface area contributed by atoms with Gasteiger partial charge in [-0.15, -0.1) is 0 Å². The van der Waals surface area contributed by atoms with E-state index in [9.17, 15) is 9.59 Å². The van der Waals surface area contributed by atoms with Gasteiger partial charge in [-0.05, 0) is 17.5 Å².